The molecule has 30 heavy (non-hydrogen) atoms. The molecule has 0 unspecified atom stereocenters. The lowest BCUT2D eigenvalue weighted by atomic mass is 10.1. The Morgan fingerprint density at radius 2 is 1.80 bits per heavy atom. The van der Waals surface area contributed by atoms with Crippen molar-refractivity contribution in [2.24, 2.45) is 0 Å². The molecule has 1 aliphatic heterocycles. The molecule has 5 nitrogen and oxygen atoms in total. The SMILES string of the molecule is Cc1cccc(N2CCN(CCCNC(=O)c3cc4c(C)cc(C)cc4[nH]3)CC2)c1. The molecule has 158 valence electrons. The van der Waals surface area contributed by atoms with E-state index in [0.29, 0.717) is 12.2 Å². The second-order valence-electron chi connectivity index (χ2n) is 8.50. The molecular formula is C25H32N4O. The number of carbonyl (C=O) groups excluding carboxylic acids is 1. The van der Waals surface area contributed by atoms with E-state index in [1.807, 2.05) is 6.07 Å². The summed E-state index contributed by atoms with van der Waals surface area (Å²) in [6, 6.07) is 14.9. The highest BCUT2D eigenvalue weighted by Gasteiger charge is 2.17. The number of piperazine rings is 1. The van der Waals surface area contributed by atoms with Crippen LogP contribution in [0, 0.1) is 20.8 Å². The number of benzene rings is 2. The summed E-state index contributed by atoms with van der Waals surface area (Å²) >= 11 is 0. The summed E-state index contributed by atoms with van der Waals surface area (Å²) in [5, 5.41) is 4.19. The Morgan fingerprint density at radius 3 is 2.57 bits per heavy atom. The molecule has 4 rings (SSSR count). The third kappa shape index (κ3) is 4.68. The standard InChI is InChI=1S/C25H32N4O/c1-18-6-4-7-21(15-18)29-12-10-28(11-13-29)9-5-8-26-25(30)24-17-22-20(3)14-19(2)16-23(22)27-24/h4,6-7,14-17,27H,5,8-13H2,1-3H3,(H,26,30). The average molecular weight is 405 g/mol. The van der Waals surface area contributed by atoms with Crippen LogP contribution in [0.15, 0.2) is 42.5 Å². The second kappa shape index (κ2) is 8.92. The van der Waals surface area contributed by atoms with Gasteiger partial charge >= 0.3 is 0 Å². The van der Waals surface area contributed by atoms with Crippen LogP contribution in [-0.2, 0) is 0 Å². The predicted octanol–water partition coefficient (Wildman–Crippen LogP) is 4.04. The van der Waals surface area contributed by atoms with Crippen LogP contribution in [0.1, 0.15) is 33.6 Å². The zero-order valence-corrected chi connectivity index (χ0v) is 18.3. The predicted molar refractivity (Wildman–Crippen MR) is 125 cm³/mol. The van der Waals surface area contributed by atoms with Gasteiger partial charge in [-0.25, -0.2) is 0 Å². The van der Waals surface area contributed by atoms with Crippen molar-refractivity contribution in [2.75, 3.05) is 44.2 Å². The highest BCUT2D eigenvalue weighted by atomic mass is 16.1. The van der Waals surface area contributed by atoms with Crippen LogP contribution in [0.5, 0.6) is 0 Å². The monoisotopic (exact) mass is 404 g/mol. The van der Waals surface area contributed by atoms with Crippen molar-refractivity contribution in [3.8, 4) is 0 Å². The molecule has 5 heteroatoms. The molecule has 2 heterocycles. The zero-order chi connectivity index (χ0) is 21.1. The van der Waals surface area contributed by atoms with Gasteiger partial charge in [-0.3, -0.25) is 9.69 Å². The third-order valence-electron chi connectivity index (χ3n) is 6.01. The number of fused-ring (bicyclic) bond motifs is 1. The van der Waals surface area contributed by atoms with Crippen LogP contribution >= 0.6 is 0 Å². The number of anilines is 1. The highest BCUT2D eigenvalue weighted by Crippen LogP contribution is 2.21. The Labute approximate surface area is 179 Å². The maximum absolute atomic E-state index is 12.5. The highest BCUT2D eigenvalue weighted by molar-refractivity contribution is 5.98. The molecule has 1 aromatic heterocycles. The van der Waals surface area contributed by atoms with Gasteiger partial charge in [0.2, 0.25) is 0 Å². The molecule has 2 aromatic carbocycles. The van der Waals surface area contributed by atoms with E-state index in [4.69, 9.17) is 0 Å². The normalized spacial score (nSPS) is 15.0. The lowest BCUT2D eigenvalue weighted by Crippen LogP contribution is -2.47. The van der Waals surface area contributed by atoms with E-state index in [2.05, 4.69) is 77.3 Å². The quantitative estimate of drug-likeness (QED) is 0.610. The molecule has 1 amide bonds. The molecule has 1 aliphatic rings. The fourth-order valence-corrected chi connectivity index (χ4v) is 4.38. The van der Waals surface area contributed by atoms with Gasteiger partial charge in [0.25, 0.3) is 5.91 Å². The van der Waals surface area contributed by atoms with Crippen molar-refractivity contribution < 1.29 is 4.79 Å². The molecule has 0 saturated carbocycles. The Bertz CT molecular complexity index is 1030. The number of aryl methyl sites for hydroxylation is 3. The van der Waals surface area contributed by atoms with E-state index in [-0.39, 0.29) is 5.91 Å². The van der Waals surface area contributed by atoms with Gasteiger partial charge in [0.05, 0.1) is 0 Å². The Morgan fingerprint density at radius 1 is 1.00 bits per heavy atom. The summed E-state index contributed by atoms with van der Waals surface area (Å²) in [5.74, 6) is -0.0208. The number of nitrogens with zero attached hydrogens (tertiary/aromatic N) is 2. The fraction of sp³-hybridized carbons (Fsp3) is 0.400. The Hall–Kier alpha value is -2.79. The number of nitrogens with one attached hydrogen (secondary N) is 2. The Kier molecular flexibility index (Phi) is 6.09. The van der Waals surface area contributed by atoms with Gasteiger partial charge in [-0.05, 0) is 74.7 Å². The summed E-state index contributed by atoms with van der Waals surface area (Å²) < 4.78 is 0. The van der Waals surface area contributed by atoms with Gasteiger partial charge in [0.1, 0.15) is 5.69 Å². The fourth-order valence-electron chi connectivity index (χ4n) is 4.38. The maximum atomic E-state index is 12.5. The van der Waals surface area contributed by atoms with Crippen LogP contribution in [0.3, 0.4) is 0 Å². The van der Waals surface area contributed by atoms with Crippen molar-refractivity contribution in [3.05, 3.63) is 64.8 Å². The molecule has 0 atom stereocenters. The van der Waals surface area contributed by atoms with Crippen molar-refractivity contribution in [3.63, 3.8) is 0 Å². The number of hydrogen-bond donors (Lipinski definition) is 2. The van der Waals surface area contributed by atoms with Crippen LogP contribution in [0.25, 0.3) is 10.9 Å². The first-order valence-electron chi connectivity index (χ1n) is 10.9. The minimum atomic E-state index is -0.0208. The van der Waals surface area contributed by atoms with Crippen molar-refractivity contribution in [1.82, 2.24) is 15.2 Å². The van der Waals surface area contributed by atoms with Gasteiger partial charge in [-0.15, -0.1) is 0 Å². The van der Waals surface area contributed by atoms with E-state index in [9.17, 15) is 4.79 Å². The third-order valence-corrected chi connectivity index (χ3v) is 6.01. The number of carbonyl (C=O) groups is 1. The minimum Gasteiger partial charge on any atom is -0.369 e. The molecular weight excluding hydrogens is 372 g/mol. The largest absolute Gasteiger partial charge is 0.369 e. The maximum Gasteiger partial charge on any atom is 0.267 e. The summed E-state index contributed by atoms with van der Waals surface area (Å²) in [6.07, 6.45) is 0.967. The van der Waals surface area contributed by atoms with E-state index in [0.717, 1.165) is 50.0 Å². The van der Waals surface area contributed by atoms with Gasteiger partial charge in [-0.1, -0.05) is 18.2 Å². The molecule has 1 saturated heterocycles. The summed E-state index contributed by atoms with van der Waals surface area (Å²) in [4.78, 5) is 20.7. The lowest BCUT2D eigenvalue weighted by molar-refractivity contribution is 0.0947. The van der Waals surface area contributed by atoms with E-state index in [1.54, 1.807) is 0 Å². The molecule has 0 spiro atoms. The smallest absolute Gasteiger partial charge is 0.267 e. The molecule has 1 fully saturated rings. The Balaban J connectivity index is 1.21. The van der Waals surface area contributed by atoms with Gasteiger partial charge in [0.15, 0.2) is 0 Å². The molecule has 3 aromatic rings. The minimum absolute atomic E-state index is 0.0208. The average Bonchev–Trinajstić information content (AvgIpc) is 3.16. The summed E-state index contributed by atoms with van der Waals surface area (Å²) in [5.41, 5.74) is 6.72. The number of H-pyrrole nitrogens is 1. The molecule has 0 aliphatic carbocycles. The number of amides is 1. The van der Waals surface area contributed by atoms with Gasteiger partial charge < -0.3 is 15.2 Å². The van der Waals surface area contributed by atoms with Crippen molar-refractivity contribution >= 4 is 22.5 Å². The molecule has 0 radical (unpaired) electrons. The second-order valence-corrected chi connectivity index (χ2v) is 8.50. The van der Waals surface area contributed by atoms with Crippen molar-refractivity contribution in [2.45, 2.75) is 27.2 Å². The summed E-state index contributed by atoms with van der Waals surface area (Å²) in [7, 11) is 0. The molecule has 2 N–H and O–H groups in total. The van der Waals surface area contributed by atoms with Gasteiger partial charge in [0, 0.05) is 49.3 Å². The zero-order valence-electron chi connectivity index (χ0n) is 18.3. The van der Waals surface area contributed by atoms with E-state index >= 15 is 0 Å². The lowest BCUT2D eigenvalue weighted by Gasteiger charge is -2.36. The topological polar surface area (TPSA) is 51.4 Å². The number of rotatable bonds is 6. The first-order valence-corrected chi connectivity index (χ1v) is 10.9. The van der Waals surface area contributed by atoms with Crippen LogP contribution in [0.4, 0.5) is 5.69 Å². The number of hydrogen-bond acceptors (Lipinski definition) is 3. The summed E-state index contributed by atoms with van der Waals surface area (Å²) in [6.45, 7) is 12.3. The number of aromatic amines is 1. The van der Waals surface area contributed by atoms with Crippen molar-refractivity contribution in [1.29, 1.82) is 0 Å². The van der Waals surface area contributed by atoms with E-state index in [1.165, 1.54) is 22.4 Å². The first-order chi connectivity index (χ1) is 14.5. The van der Waals surface area contributed by atoms with Gasteiger partial charge in [-0.2, -0.15) is 0 Å². The van der Waals surface area contributed by atoms with Crippen LogP contribution in [0.2, 0.25) is 0 Å². The van der Waals surface area contributed by atoms with Crippen LogP contribution < -0.4 is 10.2 Å². The van der Waals surface area contributed by atoms with Crippen LogP contribution in [-0.4, -0.2) is 55.1 Å². The van der Waals surface area contributed by atoms with E-state index < -0.39 is 0 Å². The number of aromatic nitrogens is 1. The molecule has 0 bridgehead atoms. The first kappa shape index (κ1) is 20.5.